The molecule has 1 aliphatic heterocycles. The Bertz CT molecular complexity index is 1000. The van der Waals surface area contributed by atoms with E-state index in [4.69, 9.17) is 0 Å². The van der Waals surface area contributed by atoms with Crippen molar-refractivity contribution >= 4 is 16.8 Å². The van der Waals surface area contributed by atoms with Gasteiger partial charge in [0.25, 0.3) is 0 Å². The molecule has 1 fully saturated rings. The number of likely N-dealkylation sites (tertiary alicyclic amines) is 1. The molecular weight excluding hydrogens is 377 g/mol. The zero-order valence-corrected chi connectivity index (χ0v) is 16.0. The van der Waals surface area contributed by atoms with Crippen molar-refractivity contribution in [2.75, 3.05) is 13.1 Å². The molecule has 152 valence electrons. The molecule has 29 heavy (non-hydrogen) atoms. The zero-order valence-electron chi connectivity index (χ0n) is 16.0. The van der Waals surface area contributed by atoms with Crippen molar-refractivity contribution in [3.8, 4) is 0 Å². The maximum absolute atomic E-state index is 13.3. The number of para-hydroxylation sites is 1. The van der Waals surface area contributed by atoms with E-state index in [-0.39, 0.29) is 12.3 Å². The highest BCUT2D eigenvalue weighted by Crippen LogP contribution is 2.37. The fraction of sp³-hybridized carbons (Fsp3) is 0.348. The Kier molecular flexibility index (Phi) is 5.35. The third kappa shape index (κ3) is 4.16. The molecule has 4 rings (SSSR count). The summed E-state index contributed by atoms with van der Waals surface area (Å²) in [5.41, 5.74) is 1.58. The third-order valence-electron chi connectivity index (χ3n) is 5.70. The Morgan fingerprint density at radius 3 is 2.55 bits per heavy atom. The topological polar surface area (TPSA) is 36.1 Å². The van der Waals surface area contributed by atoms with Gasteiger partial charge in [-0.3, -0.25) is 4.79 Å². The lowest BCUT2D eigenvalue weighted by atomic mass is 9.86. The first-order chi connectivity index (χ1) is 13.9. The SMILES string of the molecule is O=C(C[C@H](c1cccc(C(F)(F)F)c1)c1c[nH]c2ccccc12)N1CCCCC1. The van der Waals surface area contributed by atoms with Crippen molar-refractivity contribution < 1.29 is 18.0 Å². The first-order valence-electron chi connectivity index (χ1n) is 9.94. The molecule has 2 heterocycles. The molecule has 1 aromatic heterocycles. The van der Waals surface area contributed by atoms with Crippen molar-refractivity contribution in [3.63, 3.8) is 0 Å². The number of fused-ring (bicyclic) bond motifs is 1. The van der Waals surface area contributed by atoms with E-state index < -0.39 is 17.7 Å². The number of carbonyl (C=O) groups excluding carboxylic acids is 1. The lowest BCUT2D eigenvalue weighted by molar-refractivity contribution is -0.137. The van der Waals surface area contributed by atoms with E-state index in [9.17, 15) is 18.0 Å². The highest BCUT2D eigenvalue weighted by atomic mass is 19.4. The van der Waals surface area contributed by atoms with Crippen LogP contribution in [0.15, 0.2) is 54.7 Å². The van der Waals surface area contributed by atoms with E-state index >= 15 is 0 Å². The van der Waals surface area contributed by atoms with Crippen molar-refractivity contribution in [3.05, 3.63) is 71.4 Å². The van der Waals surface area contributed by atoms with Gasteiger partial charge < -0.3 is 9.88 Å². The van der Waals surface area contributed by atoms with Gasteiger partial charge in [-0.2, -0.15) is 13.2 Å². The number of halogens is 3. The second kappa shape index (κ2) is 7.93. The van der Waals surface area contributed by atoms with Gasteiger partial charge in [0.15, 0.2) is 0 Å². The molecule has 1 saturated heterocycles. The molecule has 0 bridgehead atoms. The highest BCUT2D eigenvalue weighted by Gasteiger charge is 2.32. The number of amides is 1. The van der Waals surface area contributed by atoms with E-state index in [1.54, 1.807) is 6.07 Å². The number of aromatic amines is 1. The molecule has 1 amide bonds. The average Bonchev–Trinajstić information content (AvgIpc) is 3.16. The van der Waals surface area contributed by atoms with Crippen LogP contribution in [0.3, 0.4) is 0 Å². The van der Waals surface area contributed by atoms with Crippen LogP contribution in [0.4, 0.5) is 13.2 Å². The third-order valence-corrected chi connectivity index (χ3v) is 5.70. The summed E-state index contributed by atoms with van der Waals surface area (Å²) in [5.74, 6) is -0.444. The molecule has 0 saturated carbocycles. The molecule has 1 atom stereocenters. The van der Waals surface area contributed by atoms with Crippen LogP contribution in [0.2, 0.25) is 0 Å². The van der Waals surface area contributed by atoms with Crippen LogP contribution >= 0.6 is 0 Å². The summed E-state index contributed by atoms with van der Waals surface area (Å²) in [6.07, 6.45) is 0.628. The number of H-pyrrole nitrogens is 1. The van der Waals surface area contributed by atoms with Crippen LogP contribution in [0, 0.1) is 0 Å². The predicted octanol–water partition coefficient (Wildman–Crippen LogP) is 5.72. The molecule has 2 aromatic carbocycles. The number of hydrogen-bond donors (Lipinski definition) is 1. The minimum Gasteiger partial charge on any atom is -0.361 e. The standard InChI is InChI=1S/C23H23F3N2O/c24-23(25,26)17-8-6-7-16(13-17)19(14-22(29)28-11-4-1-5-12-28)20-15-27-21-10-3-2-9-18(20)21/h2-3,6-10,13,15,19,27H,1,4-5,11-12,14H2/t19-/m1/s1. The Balaban J connectivity index is 1.74. The Morgan fingerprint density at radius 2 is 1.79 bits per heavy atom. The van der Waals surface area contributed by atoms with E-state index in [1.807, 2.05) is 35.4 Å². The van der Waals surface area contributed by atoms with E-state index in [1.165, 1.54) is 12.1 Å². The van der Waals surface area contributed by atoms with Gasteiger partial charge in [-0.1, -0.05) is 36.4 Å². The minimum absolute atomic E-state index is 0.00241. The van der Waals surface area contributed by atoms with Crippen molar-refractivity contribution in [1.82, 2.24) is 9.88 Å². The number of alkyl halides is 3. The number of piperidine rings is 1. The van der Waals surface area contributed by atoms with Crippen LogP contribution in [0.25, 0.3) is 10.9 Å². The van der Waals surface area contributed by atoms with Gasteiger partial charge in [0.1, 0.15) is 0 Å². The van der Waals surface area contributed by atoms with E-state index in [2.05, 4.69) is 4.98 Å². The largest absolute Gasteiger partial charge is 0.416 e. The number of nitrogens with one attached hydrogen (secondary N) is 1. The smallest absolute Gasteiger partial charge is 0.361 e. The fourth-order valence-corrected chi connectivity index (χ4v) is 4.17. The van der Waals surface area contributed by atoms with Gasteiger partial charge in [0.05, 0.1) is 5.56 Å². The number of carbonyl (C=O) groups is 1. The van der Waals surface area contributed by atoms with Crippen LogP contribution in [-0.4, -0.2) is 28.9 Å². The molecule has 0 unspecified atom stereocenters. The first kappa shape index (κ1) is 19.6. The highest BCUT2D eigenvalue weighted by molar-refractivity contribution is 5.86. The molecule has 0 radical (unpaired) electrons. The lowest BCUT2D eigenvalue weighted by Crippen LogP contribution is -2.36. The van der Waals surface area contributed by atoms with Crippen LogP contribution in [-0.2, 0) is 11.0 Å². The number of aromatic nitrogens is 1. The molecule has 3 aromatic rings. The zero-order chi connectivity index (χ0) is 20.4. The summed E-state index contributed by atoms with van der Waals surface area (Å²) in [5, 5.41) is 0.932. The summed E-state index contributed by atoms with van der Waals surface area (Å²) in [7, 11) is 0. The quantitative estimate of drug-likeness (QED) is 0.597. The van der Waals surface area contributed by atoms with Gasteiger partial charge in [0, 0.05) is 42.5 Å². The van der Waals surface area contributed by atoms with Crippen LogP contribution in [0.5, 0.6) is 0 Å². The van der Waals surface area contributed by atoms with Gasteiger partial charge in [-0.25, -0.2) is 0 Å². The number of hydrogen-bond acceptors (Lipinski definition) is 1. The minimum atomic E-state index is -4.42. The summed E-state index contributed by atoms with van der Waals surface area (Å²) in [4.78, 5) is 18.0. The lowest BCUT2D eigenvalue weighted by Gasteiger charge is -2.29. The van der Waals surface area contributed by atoms with Crippen molar-refractivity contribution in [2.24, 2.45) is 0 Å². The summed E-state index contributed by atoms with van der Waals surface area (Å²) >= 11 is 0. The summed E-state index contributed by atoms with van der Waals surface area (Å²) in [6.45, 7) is 1.45. The van der Waals surface area contributed by atoms with Crippen molar-refractivity contribution in [1.29, 1.82) is 0 Å². The second-order valence-corrected chi connectivity index (χ2v) is 7.61. The normalized spacial score (nSPS) is 16.2. The second-order valence-electron chi connectivity index (χ2n) is 7.61. The fourth-order valence-electron chi connectivity index (χ4n) is 4.17. The molecule has 3 nitrogen and oxygen atoms in total. The Labute approximate surface area is 167 Å². The van der Waals surface area contributed by atoms with Gasteiger partial charge in [-0.15, -0.1) is 0 Å². The Hall–Kier alpha value is -2.76. The first-order valence-corrected chi connectivity index (χ1v) is 9.94. The van der Waals surface area contributed by atoms with Gasteiger partial charge in [-0.05, 0) is 42.5 Å². The number of rotatable bonds is 4. The summed E-state index contributed by atoms with van der Waals surface area (Å²) < 4.78 is 39.9. The number of benzene rings is 2. The predicted molar refractivity (Wildman–Crippen MR) is 107 cm³/mol. The molecule has 6 heteroatoms. The molecule has 0 spiro atoms. The van der Waals surface area contributed by atoms with Gasteiger partial charge >= 0.3 is 6.18 Å². The van der Waals surface area contributed by atoms with E-state index in [0.29, 0.717) is 5.56 Å². The maximum atomic E-state index is 13.3. The summed E-state index contributed by atoms with van der Waals surface area (Å²) in [6, 6.07) is 13.0. The monoisotopic (exact) mass is 400 g/mol. The Morgan fingerprint density at radius 1 is 1.03 bits per heavy atom. The van der Waals surface area contributed by atoms with Crippen LogP contribution < -0.4 is 0 Å². The molecule has 0 aliphatic carbocycles. The van der Waals surface area contributed by atoms with E-state index in [0.717, 1.165) is 54.9 Å². The number of nitrogens with zero attached hydrogens (tertiary/aromatic N) is 1. The molecular formula is C23H23F3N2O. The van der Waals surface area contributed by atoms with Crippen LogP contribution in [0.1, 0.15) is 48.3 Å². The average molecular weight is 400 g/mol. The van der Waals surface area contributed by atoms with Crippen molar-refractivity contribution in [2.45, 2.75) is 37.8 Å². The van der Waals surface area contributed by atoms with Gasteiger partial charge in [0.2, 0.25) is 5.91 Å². The molecule has 1 N–H and O–H groups in total. The molecule has 1 aliphatic rings. The maximum Gasteiger partial charge on any atom is 0.416 e.